The highest BCUT2D eigenvalue weighted by Gasteiger charge is 2.08. The molecule has 0 amide bonds. The summed E-state index contributed by atoms with van der Waals surface area (Å²) in [6, 6.07) is 4.67. The molecule has 0 N–H and O–H groups in total. The Morgan fingerprint density at radius 2 is 1.62 bits per heavy atom. The molecule has 0 saturated heterocycles. The van der Waals surface area contributed by atoms with Crippen LogP contribution < -0.4 is 0 Å². The van der Waals surface area contributed by atoms with E-state index < -0.39 is 0 Å². The van der Waals surface area contributed by atoms with Crippen molar-refractivity contribution in [1.29, 1.82) is 0 Å². The quantitative estimate of drug-likeness (QED) is 0.546. The normalized spacial score (nSPS) is 13.6. The van der Waals surface area contributed by atoms with Crippen LogP contribution in [0.3, 0.4) is 0 Å². The number of hydrogen-bond donors (Lipinski definition) is 0. The maximum absolute atomic E-state index is 2.33. The van der Waals surface area contributed by atoms with Gasteiger partial charge in [-0.3, -0.25) is 0 Å². The maximum Gasteiger partial charge on any atom is 0.0380 e. The number of rotatable bonds is 8. The van der Waals surface area contributed by atoms with Crippen LogP contribution in [-0.4, -0.2) is 34.3 Å². The SMILES string of the molecule is CCCC[SiH](CCC)CCN(C)C. The minimum atomic E-state index is -0.349. The third kappa shape index (κ3) is 8.51. The lowest BCUT2D eigenvalue weighted by atomic mass is 10.4. The molecule has 0 heterocycles. The van der Waals surface area contributed by atoms with Crippen molar-refractivity contribution in [3.63, 3.8) is 0 Å². The van der Waals surface area contributed by atoms with E-state index >= 15 is 0 Å². The van der Waals surface area contributed by atoms with Gasteiger partial charge in [-0.2, -0.15) is 0 Å². The van der Waals surface area contributed by atoms with Crippen LogP contribution in [0.5, 0.6) is 0 Å². The fraction of sp³-hybridized carbons (Fsp3) is 1.00. The summed E-state index contributed by atoms with van der Waals surface area (Å²) in [5, 5.41) is 0. The van der Waals surface area contributed by atoms with Crippen molar-refractivity contribution >= 4 is 8.80 Å². The van der Waals surface area contributed by atoms with E-state index in [4.69, 9.17) is 0 Å². The van der Waals surface area contributed by atoms with Crippen LogP contribution in [0.1, 0.15) is 33.1 Å². The Labute approximate surface area is 86.1 Å². The molecule has 0 fully saturated rings. The van der Waals surface area contributed by atoms with Gasteiger partial charge in [0.2, 0.25) is 0 Å². The number of nitrogens with zero attached hydrogens (tertiary/aromatic N) is 1. The predicted octanol–water partition coefficient (Wildman–Crippen LogP) is 2.99. The van der Waals surface area contributed by atoms with Gasteiger partial charge in [0.15, 0.2) is 0 Å². The standard InChI is InChI=1S/C11H27NSi/c1-5-7-10-13(9-6-2)11-8-12(3)4/h13H,5-11H2,1-4H3. The molecular weight excluding hydrogens is 174 g/mol. The van der Waals surface area contributed by atoms with E-state index in [0.717, 1.165) is 0 Å². The highest BCUT2D eigenvalue weighted by molar-refractivity contribution is 6.58. The predicted molar refractivity (Wildman–Crippen MR) is 65.3 cm³/mol. The van der Waals surface area contributed by atoms with Gasteiger partial charge in [0.1, 0.15) is 0 Å². The van der Waals surface area contributed by atoms with Crippen LogP contribution in [0.2, 0.25) is 18.1 Å². The van der Waals surface area contributed by atoms with E-state index in [1.54, 1.807) is 12.1 Å². The van der Waals surface area contributed by atoms with E-state index in [2.05, 4.69) is 32.8 Å². The van der Waals surface area contributed by atoms with E-state index in [-0.39, 0.29) is 8.80 Å². The Morgan fingerprint density at radius 3 is 2.08 bits per heavy atom. The van der Waals surface area contributed by atoms with Gasteiger partial charge in [0, 0.05) is 8.80 Å². The summed E-state index contributed by atoms with van der Waals surface area (Å²) >= 11 is 0. The molecule has 0 aromatic heterocycles. The van der Waals surface area contributed by atoms with E-state index in [9.17, 15) is 0 Å². The molecule has 0 bridgehead atoms. The Balaban J connectivity index is 3.53. The number of unbranched alkanes of at least 4 members (excludes halogenated alkanes) is 1. The first kappa shape index (κ1) is 13.2. The molecule has 0 aromatic carbocycles. The molecule has 0 saturated carbocycles. The van der Waals surface area contributed by atoms with Gasteiger partial charge in [-0.1, -0.05) is 45.2 Å². The smallest absolute Gasteiger partial charge is 0.0380 e. The zero-order chi connectivity index (χ0) is 10.1. The summed E-state index contributed by atoms with van der Waals surface area (Å²) in [7, 11) is 4.03. The van der Waals surface area contributed by atoms with Gasteiger partial charge in [-0.15, -0.1) is 0 Å². The van der Waals surface area contributed by atoms with Crippen LogP contribution in [0.4, 0.5) is 0 Å². The molecule has 13 heavy (non-hydrogen) atoms. The molecule has 0 aliphatic heterocycles. The van der Waals surface area contributed by atoms with Gasteiger partial charge in [-0.25, -0.2) is 0 Å². The van der Waals surface area contributed by atoms with Crippen molar-refractivity contribution in [2.75, 3.05) is 20.6 Å². The van der Waals surface area contributed by atoms with Crippen LogP contribution in [0.15, 0.2) is 0 Å². The summed E-state index contributed by atoms with van der Waals surface area (Å²) in [5.74, 6) is 0. The van der Waals surface area contributed by atoms with Crippen molar-refractivity contribution in [2.45, 2.75) is 51.2 Å². The fourth-order valence-corrected chi connectivity index (χ4v) is 5.32. The lowest BCUT2D eigenvalue weighted by Crippen LogP contribution is -2.21. The van der Waals surface area contributed by atoms with Gasteiger partial charge in [0.05, 0.1) is 0 Å². The first-order valence-electron chi connectivity index (χ1n) is 5.85. The largest absolute Gasteiger partial charge is 0.310 e. The average Bonchev–Trinajstić information content (AvgIpc) is 2.09. The molecule has 2 heteroatoms. The highest BCUT2D eigenvalue weighted by Crippen LogP contribution is 2.12. The molecule has 1 unspecified atom stereocenters. The molecule has 0 rings (SSSR count). The van der Waals surface area contributed by atoms with Gasteiger partial charge < -0.3 is 4.90 Å². The Bertz CT molecular complexity index is 104. The van der Waals surface area contributed by atoms with Crippen LogP contribution in [0.25, 0.3) is 0 Å². The second-order valence-electron chi connectivity index (χ2n) is 4.39. The summed E-state index contributed by atoms with van der Waals surface area (Å²) in [4.78, 5) is 2.33. The summed E-state index contributed by atoms with van der Waals surface area (Å²) < 4.78 is 0. The van der Waals surface area contributed by atoms with Crippen molar-refractivity contribution in [3.05, 3.63) is 0 Å². The minimum absolute atomic E-state index is 0.349. The molecule has 0 aliphatic carbocycles. The Hall–Kier alpha value is 0.177. The molecule has 0 aliphatic rings. The van der Waals surface area contributed by atoms with Crippen molar-refractivity contribution < 1.29 is 0 Å². The van der Waals surface area contributed by atoms with Crippen LogP contribution in [-0.2, 0) is 0 Å². The maximum atomic E-state index is 2.33. The van der Waals surface area contributed by atoms with Crippen molar-refractivity contribution in [3.8, 4) is 0 Å². The second kappa shape index (κ2) is 8.76. The van der Waals surface area contributed by atoms with E-state index in [1.807, 2.05) is 0 Å². The monoisotopic (exact) mass is 201 g/mol. The first-order chi connectivity index (χ1) is 6.20. The summed E-state index contributed by atoms with van der Waals surface area (Å²) in [6.07, 6.45) is 4.27. The van der Waals surface area contributed by atoms with Gasteiger partial charge in [0.25, 0.3) is 0 Å². The average molecular weight is 201 g/mol. The van der Waals surface area contributed by atoms with Gasteiger partial charge in [-0.05, 0) is 26.7 Å². The molecule has 0 aromatic rings. The lowest BCUT2D eigenvalue weighted by Gasteiger charge is -2.16. The van der Waals surface area contributed by atoms with Crippen molar-refractivity contribution in [2.24, 2.45) is 0 Å². The summed E-state index contributed by atoms with van der Waals surface area (Å²) in [6.45, 7) is 5.96. The molecule has 0 spiro atoms. The van der Waals surface area contributed by atoms with Crippen LogP contribution in [0, 0.1) is 0 Å². The highest BCUT2D eigenvalue weighted by atomic mass is 28.3. The topological polar surface area (TPSA) is 3.24 Å². The summed E-state index contributed by atoms with van der Waals surface area (Å²) in [5.41, 5.74) is 0. The third-order valence-corrected chi connectivity index (χ3v) is 6.34. The minimum Gasteiger partial charge on any atom is -0.310 e. The number of hydrogen-bond acceptors (Lipinski definition) is 1. The molecule has 0 radical (unpaired) electrons. The Morgan fingerprint density at radius 1 is 0.923 bits per heavy atom. The lowest BCUT2D eigenvalue weighted by molar-refractivity contribution is 0.431. The van der Waals surface area contributed by atoms with Crippen LogP contribution >= 0.6 is 0 Å². The first-order valence-corrected chi connectivity index (χ1v) is 8.30. The molecule has 1 nitrogen and oxygen atoms in total. The molecule has 1 atom stereocenters. The van der Waals surface area contributed by atoms with Gasteiger partial charge >= 0.3 is 0 Å². The molecular formula is C11H27NSi. The fourth-order valence-electron chi connectivity index (χ4n) is 1.77. The zero-order valence-electron chi connectivity index (χ0n) is 9.97. The van der Waals surface area contributed by atoms with Crippen molar-refractivity contribution in [1.82, 2.24) is 4.90 Å². The van der Waals surface area contributed by atoms with E-state index in [0.29, 0.717) is 0 Å². The van der Waals surface area contributed by atoms with E-state index in [1.165, 1.54) is 31.9 Å². The molecule has 80 valence electrons. The zero-order valence-corrected chi connectivity index (χ0v) is 11.1. The second-order valence-corrected chi connectivity index (χ2v) is 7.85. The Kier molecular flexibility index (Phi) is 8.88. The third-order valence-electron chi connectivity index (χ3n) is 2.65.